The molecular weight excluding hydrogens is 216 g/mol. The summed E-state index contributed by atoms with van der Waals surface area (Å²) < 4.78 is 10.7. The zero-order valence-corrected chi connectivity index (χ0v) is 9.81. The fraction of sp³-hybridized carbons (Fsp3) is 0.154. The van der Waals surface area contributed by atoms with Gasteiger partial charge in [0.1, 0.15) is 11.5 Å². The average molecular weight is 230 g/mol. The quantitative estimate of drug-likeness (QED) is 0.824. The van der Waals surface area contributed by atoms with Crippen LogP contribution < -0.4 is 15.2 Å². The molecule has 0 unspecified atom stereocenters. The van der Waals surface area contributed by atoms with Crippen LogP contribution in [0.1, 0.15) is 5.56 Å². The van der Waals surface area contributed by atoms with Gasteiger partial charge in [-0.25, -0.2) is 4.98 Å². The number of hydrogen-bond donors (Lipinski definition) is 1. The molecule has 2 rings (SSSR count). The van der Waals surface area contributed by atoms with Gasteiger partial charge in [-0.05, 0) is 30.7 Å². The summed E-state index contributed by atoms with van der Waals surface area (Å²) in [6.45, 7) is 1.98. The number of nitrogens with two attached hydrogens (primary N) is 1. The van der Waals surface area contributed by atoms with Crippen molar-refractivity contribution in [2.75, 3.05) is 12.8 Å². The maximum absolute atomic E-state index is 5.79. The second-order valence-electron chi connectivity index (χ2n) is 3.68. The zero-order valence-electron chi connectivity index (χ0n) is 9.81. The van der Waals surface area contributed by atoms with E-state index in [1.165, 1.54) is 0 Å². The molecule has 0 aliphatic rings. The number of anilines is 1. The second-order valence-corrected chi connectivity index (χ2v) is 3.68. The summed E-state index contributed by atoms with van der Waals surface area (Å²) in [6, 6.07) is 9.04. The third kappa shape index (κ3) is 2.66. The first kappa shape index (κ1) is 11.3. The van der Waals surface area contributed by atoms with Crippen LogP contribution in [0.15, 0.2) is 36.5 Å². The molecule has 0 spiro atoms. The predicted molar refractivity (Wildman–Crippen MR) is 66.5 cm³/mol. The predicted octanol–water partition coefficient (Wildman–Crippen LogP) is 2.77. The van der Waals surface area contributed by atoms with Crippen LogP contribution in [0, 0.1) is 6.92 Å². The highest BCUT2D eigenvalue weighted by atomic mass is 16.5. The van der Waals surface area contributed by atoms with Crippen LogP contribution in [0.5, 0.6) is 17.4 Å². The Bertz CT molecular complexity index is 527. The smallest absolute Gasteiger partial charge is 0.219 e. The molecule has 88 valence electrons. The minimum Gasteiger partial charge on any atom is -0.495 e. The van der Waals surface area contributed by atoms with Crippen LogP contribution in [0.25, 0.3) is 0 Å². The first-order valence-corrected chi connectivity index (χ1v) is 5.23. The lowest BCUT2D eigenvalue weighted by atomic mass is 10.3. The Morgan fingerprint density at radius 2 is 2.00 bits per heavy atom. The van der Waals surface area contributed by atoms with E-state index in [1.807, 2.05) is 19.1 Å². The molecule has 0 saturated heterocycles. The van der Waals surface area contributed by atoms with Crippen LogP contribution in [0.3, 0.4) is 0 Å². The van der Waals surface area contributed by atoms with Crippen LogP contribution in [-0.4, -0.2) is 12.1 Å². The Hall–Kier alpha value is -2.23. The number of aromatic nitrogens is 1. The standard InChI is InChI=1S/C13H14N2O2/c1-9-5-6-15-13(7-9)17-10-3-4-12(16-2)11(14)8-10/h3-8H,14H2,1-2H3. The first-order chi connectivity index (χ1) is 8.19. The van der Waals surface area contributed by atoms with Crippen LogP contribution in [-0.2, 0) is 0 Å². The van der Waals surface area contributed by atoms with Crippen molar-refractivity contribution in [2.45, 2.75) is 6.92 Å². The highest BCUT2D eigenvalue weighted by molar-refractivity contribution is 5.56. The van der Waals surface area contributed by atoms with E-state index in [1.54, 1.807) is 31.5 Å². The van der Waals surface area contributed by atoms with Crippen molar-refractivity contribution >= 4 is 5.69 Å². The molecule has 4 heteroatoms. The molecule has 17 heavy (non-hydrogen) atoms. The van der Waals surface area contributed by atoms with E-state index < -0.39 is 0 Å². The molecule has 2 aromatic rings. The van der Waals surface area contributed by atoms with Gasteiger partial charge in [-0.15, -0.1) is 0 Å². The van der Waals surface area contributed by atoms with Crippen molar-refractivity contribution in [3.63, 3.8) is 0 Å². The normalized spacial score (nSPS) is 10.0. The Morgan fingerprint density at radius 1 is 1.18 bits per heavy atom. The molecule has 0 aliphatic heterocycles. The monoisotopic (exact) mass is 230 g/mol. The number of methoxy groups -OCH3 is 1. The fourth-order valence-electron chi connectivity index (χ4n) is 1.46. The number of ether oxygens (including phenoxy) is 2. The van der Waals surface area contributed by atoms with E-state index in [2.05, 4.69) is 4.98 Å². The van der Waals surface area contributed by atoms with Gasteiger partial charge in [-0.2, -0.15) is 0 Å². The molecule has 0 atom stereocenters. The zero-order chi connectivity index (χ0) is 12.3. The number of aryl methyl sites for hydroxylation is 1. The minimum atomic E-state index is 0.539. The van der Waals surface area contributed by atoms with Gasteiger partial charge in [0.2, 0.25) is 5.88 Å². The summed E-state index contributed by atoms with van der Waals surface area (Å²) in [6.07, 6.45) is 1.71. The van der Waals surface area contributed by atoms with E-state index in [0.29, 0.717) is 23.1 Å². The molecule has 0 radical (unpaired) electrons. The number of nitrogens with zero attached hydrogens (tertiary/aromatic N) is 1. The lowest BCUT2D eigenvalue weighted by Crippen LogP contribution is -1.94. The molecule has 0 amide bonds. The molecule has 0 saturated carbocycles. The minimum absolute atomic E-state index is 0.539. The summed E-state index contributed by atoms with van der Waals surface area (Å²) in [5, 5.41) is 0. The van der Waals surface area contributed by atoms with E-state index in [-0.39, 0.29) is 0 Å². The van der Waals surface area contributed by atoms with Crippen molar-refractivity contribution in [1.29, 1.82) is 0 Å². The number of hydrogen-bond acceptors (Lipinski definition) is 4. The number of rotatable bonds is 3. The van der Waals surface area contributed by atoms with Gasteiger partial charge in [0, 0.05) is 18.3 Å². The Morgan fingerprint density at radius 3 is 2.65 bits per heavy atom. The van der Waals surface area contributed by atoms with E-state index >= 15 is 0 Å². The van der Waals surface area contributed by atoms with Crippen molar-refractivity contribution < 1.29 is 9.47 Å². The van der Waals surface area contributed by atoms with Gasteiger partial charge in [0.15, 0.2) is 0 Å². The largest absolute Gasteiger partial charge is 0.495 e. The Labute approximate surface area is 100 Å². The molecular formula is C13H14N2O2. The van der Waals surface area contributed by atoms with Crippen LogP contribution >= 0.6 is 0 Å². The maximum atomic E-state index is 5.79. The van der Waals surface area contributed by atoms with E-state index in [9.17, 15) is 0 Å². The Balaban J connectivity index is 2.22. The van der Waals surface area contributed by atoms with Gasteiger partial charge in [0.25, 0.3) is 0 Å². The number of benzene rings is 1. The van der Waals surface area contributed by atoms with Crippen LogP contribution in [0.4, 0.5) is 5.69 Å². The summed E-state index contributed by atoms with van der Waals surface area (Å²) >= 11 is 0. The second kappa shape index (κ2) is 4.74. The van der Waals surface area contributed by atoms with Gasteiger partial charge in [0.05, 0.1) is 12.8 Å². The third-order valence-electron chi connectivity index (χ3n) is 2.31. The molecule has 4 nitrogen and oxygen atoms in total. The summed E-state index contributed by atoms with van der Waals surface area (Å²) in [7, 11) is 1.58. The fourth-order valence-corrected chi connectivity index (χ4v) is 1.46. The molecule has 2 N–H and O–H groups in total. The van der Waals surface area contributed by atoms with Crippen LogP contribution in [0.2, 0.25) is 0 Å². The summed E-state index contributed by atoms with van der Waals surface area (Å²) in [5.41, 5.74) is 7.42. The average Bonchev–Trinajstić information content (AvgIpc) is 2.29. The van der Waals surface area contributed by atoms with E-state index in [0.717, 1.165) is 5.56 Å². The van der Waals surface area contributed by atoms with Gasteiger partial charge >= 0.3 is 0 Å². The topological polar surface area (TPSA) is 57.4 Å². The maximum Gasteiger partial charge on any atom is 0.219 e. The lowest BCUT2D eigenvalue weighted by Gasteiger charge is -2.08. The van der Waals surface area contributed by atoms with Crippen molar-refractivity contribution in [2.24, 2.45) is 0 Å². The van der Waals surface area contributed by atoms with Crippen molar-refractivity contribution in [3.8, 4) is 17.4 Å². The van der Waals surface area contributed by atoms with Gasteiger partial charge in [-0.1, -0.05) is 0 Å². The number of pyridine rings is 1. The molecule has 1 heterocycles. The number of nitrogen functional groups attached to an aromatic ring is 1. The lowest BCUT2D eigenvalue weighted by molar-refractivity contribution is 0.414. The molecule has 1 aromatic carbocycles. The van der Waals surface area contributed by atoms with Gasteiger partial charge in [-0.3, -0.25) is 0 Å². The van der Waals surface area contributed by atoms with Crippen molar-refractivity contribution in [3.05, 3.63) is 42.1 Å². The molecule has 0 aliphatic carbocycles. The highest BCUT2D eigenvalue weighted by Gasteiger charge is 2.03. The molecule has 0 bridgehead atoms. The molecule has 0 fully saturated rings. The molecule has 1 aromatic heterocycles. The first-order valence-electron chi connectivity index (χ1n) is 5.23. The SMILES string of the molecule is COc1ccc(Oc2cc(C)ccn2)cc1N. The Kier molecular flexibility index (Phi) is 3.14. The summed E-state index contributed by atoms with van der Waals surface area (Å²) in [4.78, 5) is 4.11. The summed E-state index contributed by atoms with van der Waals surface area (Å²) in [5.74, 6) is 1.82. The third-order valence-corrected chi connectivity index (χ3v) is 2.31. The van der Waals surface area contributed by atoms with Crippen molar-refractivity contribution in [1.82, 2.24) is 4.98 Å². The van der Waals surface area contributed by atoms with E-state index in [4.69, 9.17) is 15.2 Å². The van der Waals surface area contributed by atoms with Gasteiger partial charge < -0.3 is 15.2 Å². The highest BCUT2D eigenvalue weighted by Crippen LogP contribution is 2.28.